The Hall–Kier alpha value is -2.51. The van der Waals surface area contributed by atoms with E-state index in [0.717, 1.165) is 4.47 Å². The minimum atomic E-state index is -1.05. The summed E-state index contributed by atoms with van der Waals surface area (Å²) >= 11 is 3.30. The highest BCUT2D eigenvalue weighted by Crippen LogP contribution is 2.40. The van der Waals surface area contributed by atoms with Crippen molar-refractivity contribution < 1.29 is 24.2 Å². The van der Waals surface area contributed by atoms with Crippen LogP contribution in [0.15, 0.2) is 58.6 Å². The molecule has 1 aliphatic heterocycles. The number of nitrogens with zero attached hydrogens (tertiary/aromatic N) is 1. The van der Waals surface area contributed by atoms with E-state index < -0.39 is 23.5 Å². The summed E-state index contributed by atoms with van der Waals surface area (Å²) in [7, 11) is 0. The molecule has 0 bridgehead atoms. The van der Waals surface area contributed by atoms with Gasteiger partial charge in [-0.1, -0.05) is 46.3 Å². The van der Waals surface area contributed by atoms with E-state index >= 15 is 0 Å². The maximum absolute atomic E-state index is 14.5. The maximum atomic E-state index is 14.5. The zero-order valence-electron chi connectivity index (χ0n) is 14.2. The smallest absolute Gasteiger partial charge is 0.295 e. The summed E-state index contributed by atoms with van der Waals surface area (Å²) < 4.78 is 15.3. The molecule has 1 amide bonds. The lowest BCUT2D eigenvalue weighted by Crippen LogP contribution is -2.31. The van der Waals surface area contributed by atoms with Gasteiger partial charge >= 0.3 is 0 Å². The van der Waals surface area contributed by atoms with Gasteiger partial charge in [-0.2, -0.15) is 0 Å². The van der Waals surface area contributed by atoms with Gasteiger partial charge in [-0.15, -0.1) is 0 Å². The van der Waals surface area contributed by atoms with Crippen LogP contribution in [0.4, 0.5) is 4.39 Å². The van der Waals surface area contributed by atoms with Crippen LogP contribution >= 0.6 is 15.9 Å². The van der Waals surface area contributed by atoms with Crippen molar-refractivity contribution in [3.05, 3.63) is 75.5 Å². The summed E-state index contributed by atoms with van der Waals surface area (Å²) in [5, 5.41) is 19.9. The van der Waals surface area contributed by atoms with Gasteiger partial charge in [0.25, 0.3) is 11.7 Å². The van der Waals surface area contributed by atoms with Gasteiger partial charge in [-0.3, -0.25) is 9.59 Å². The van der Waals surface area contributed by atoms with Crippen molar-refractivity contribution in [2.45, 2.75) is 12.5 Å². The Balaban J connectivity index is 2.18. The van der Waals surface area contributed by atoms with Crippen LogP contribution < -0.4 is 0 Å². The van der Waals surface area contributed by atoms with Crippen LogP contribution in [-0.2, 0) is 9.59 Å². The molecule has 1 fully saturated rings. The molecular weight excluding hydrogens is 417 g/mol. The zero-order valence-corrected chi connectivity index (χ0v) is 15.8. The molecule has 2 aromatic carbocycles. The molecule has 7 heteroatoms. The summed E-state index contributed by atoms with van der Waals surface area (Å²) in [5.74, 6) is -2.64. The summed E-state index contributed by atoms with van der Waals surface area (Å²) in [4.78, 5) is 26.4. The van der Waals surface area contributed by atoms with E-state index in [2.05, 4.69) is 15.9 Å². The highest BCUT2D eigenvalue weighted by molar-refractivity contribution is 9.10. The highest BCUT2D eigenvalue weighted by Gasteiger charge is 2.46. The molecule has 5 nitrogen and oxygen atoms in total. The Bertz CT molecular complexity index is 910. The van der Waals surface area contributed by atoms with E-state index in [9.17, 15) is 19.1 Å². The lowest BCUT2D eigenvalue weighted by molar-refractivity contribution is -0.140. The number of aliphatic hydroxyl groups is 2. The molecule has 0 saturated carbocycles. The number of likely N-dealkylation sites (tertiary alicyclic amines) is 1. The fraction of sp³-hybridized carbons (Fsp3) is 0.200. The van der Waals surface area contributed by atoms with Crippen molar-refractivity contribution in [1.82, 2.24) is 4.90 Å². The molecule has 1 heterocycles. The van der Waals surface area contributed by atoms with Crippen LogP contribution in [0.5, 0.6) is 0 Å². The maximum Gasteiger partial charge on any atom is 0.295 e. The van der Waals surface area contributed by atoms with Gasteiger partial charge in [0.1, 0.15) is 11.6 Å². The Morgan fingerprint density at radius 2 is 1.78 bits per heavy atom. The van der Waals surface area contributed by atoms with E-state index in [1.165, 1.54) is 23.1 Å². The predicted octanol–water partition coefficient (Wildman–Crippen LogP) is 3.39. The number of benzene rings is 2. The first-order chi connectivity index (χ1) is 13.0. The van der Waals surface area contributed by atoms with Gasteiger partial charge in [0, 0.05) is 28.8 Å². The number of ketones is 1. The van der Waals surface area contributed by atoms with Crippen LogP contribution in [0.25, 0.3) is 5.76 Å². The Morgan fingerprint density at radius 1 is 1.11 bits per heavy atom. The molecule has 1 atom stereocenters. The number of hydrogen-bond donors (Lipinski definition) is 2. The highest BCUT2D eigenvalue weighted by atomic mass is 79.9. The first-order valence-electron chi connectivity index (χ1n) is 8.35. The van der Waals surface area contributed by atoms with Gasteiger partial charge < -0.3 is 15.1 Å². The average Bonchev–Trinajstić information content (AvgIpc) is 2.91. The standard InChI is InChI=1S/C20H17BrFNO4/c21-13-8-6-12(7-9-13)18(25)16-17(14-4-1-2-5-15(14)22)23(10-3-11-24)20(27)19(16)26/h1-2,4-9,17,24-25H,3,10-11H2/b18-16-. The van der Waals surface area contributed by atoms with Crippen LogP contribution in [0.3, 0.4) is 0 Å². The number of aliphatic hydroxyl groups excluding tert-OH is 2. The lowest BCUT2D eigenvalue weighted by Gasteiger charge is -2.25. The molecule has 0 radical (unpaired) electrons. The number of hydrogen-bond acceptors (Lipinski definition) is 4. The fourth-order valence-corrected chi connectivity index (χ4v) is 3.40. The third-order valence-corrected chi connectivity index (χ3v) is 4.94. The van der Waals surface area contributed by atoms with Crippen LogP contribution in [0.1, 0.15) is 23.6 Å². The Morgan fingerprint density at radius 3 is 2.41 bits per heavy atom. The van der Waals surface area contributed by atoms with Crippen LogP contribution in [0, 0.1) is 5.82 Å². The third-order valence-electron chi connectivity index (χ3n) is 4.41. The molecule has 0 aromatic heterocycles. The van der Waals surface area contributed by atoms with Gasteiger partial charge in [0.05, 0.1) is 11.6 Å². The number of Topliss-reactive ketones (excluding diaryl/α,β-unsaturated/α-hetero) is 1. The van der Waals surface area contributed by atoms with E-state index in [1.54, 1.807) is 30.3 Å². The topological polar surface area (TPSA) is 77.8 Å². The third kappa shape index (κ3) is 3.65. The molecular formula is C20H17BrFNO4. The molecule has 3 rings (SSSR count). The van der Waals surface area contributed by atoms with Crippen molar-refractivity contribution in [1.29, 1.82) is 0 Å². The largest absolute Gasteiger partial charge is 0.507 e. The van der Waals surface area contributed by atoms with Crippen molar-refractivity contribution in [3.63, 3.8) is 0 Å². The SMILES string of the molecule is O=C1C(=O)N(CCCO)C(c2ccccc2F)/C1=C(/O)c1ccc(Br)cc1. The number of halogens is 2. The van der Waals surface area contributed by atoms with E-state index in [1.807, 2.05) is 0 Å². The van der Waals surface area contributed by atoms with E-state index in [-0.39, 0.29) is 36.5 Å². The first-order valence-corrected chi connectivity index (χ1v) is 9.14. The molecule has 2 aromatic rings. The van der Waals surface area contributed by atoms with Gasteiger partial charge in [0.15, 0.2) is 0 Å². The van der Waals surface area contributed by atoms with Crippen LogP contribution in [0.2, 0.25) is 0 Å². The molecule has 1 saturated heterocycles. The summed E-state index contributed by atoms with van der Waals surface area (Å²) in [6.07, 6.45) is 0.232. The number of rotatable bonds is 5. The van der Waals surface area contributed by atoms with Gasteiger partial charge in [-0.05, 0) is 24.6 Å². The number of carbonyl (C=O) groups is 2. The second-order valence-corrected chi connectivity index (χ2v) is 7.01. The van der Waals surface area contributed by atoms with Crippen molar-refractivity contribution in [2.24, 2.45) is 0 Å². The molecule has 1 aliphatic rings. The molecule has 27 heavy (non-hydrogen) atoms. The minimum Gasteiger partial charge on any atom is -0.507 e. The van der Waals surface area contributed by atoms with E-state index in [0.29, 0.717) is 5.56 Å². The first kappa shape index (κ1) is 19.3. The second kappa shape index (κ2) is 8.02. The Labute approximate surface area is 163 Å². The normalized spacial score (nSPS) is 18.9. The monoisotopic (exact) mass is 433 g/mol. The minimum absolute atomic E-state index is 0.0667. The van der Waals surface area contributed by atoms with Crippen molar-refractivity contribution >= 4 is 33.4 Å². The summed E-state index contributed by atoms with van der Waals surface area (Å²) in [6, 6.07) is 11.3. The quantitative estimate of drug-likeness (QED) is 0.430. The van der Waals surface area contributed by atoms with Gasteiger partial charge in [-0.25, -0.2) is 4.39 Å². The van der Waals surface area contributed by atoms with Crippen molar-refractivity contribution in [3.8, 4) is 0 Å². The van der Waals surface area contributed by atoms with E-state index in [4.69, 9.17) is 5.11 Å². The van der Waals surface area contributed by atoms with Crippen molar-refractivity contribution in [2.75, 3.05) is 13.2 Å². The second-order valence-electron chi connectivity index (χ2n) is 6.10. The predicted molar refractivity (Wildman–Crippen MR) is 101 cm³/mol. The fourth-order valence-electron chi connectivity index (χ4n) is 3.14. The molecule has 0 aliphatic carbocycles. The van der Waals surface area contributed by atoms with Crippen LogP contribution in [-0.4, -0.2) is 40.0 Å². The zero-order chi connectivity index (χ0) is 19.6. The molecule has 0 spiro atoms. The summed E-state index contributed by atoms with van der Waals surface area (Å²) in [5.41, 5.74) is 0.304. The number of amides is 1. The summed E-state index contributed by atoms with van der Waals surface area (Å²) in [6.45, 7) is -0.114. The van der Waals surface area contributed by atoms with Gasteiger partial charge in [0.2, 0.25) is 0 Å². The molecule has 140 valence electrons. The molecule has 2 N–H and O–H groups in total. The average molecular weight is 434 g/mol. The number of carbonyl (C=O) groups excluding carboxylic acids is 2. The lowest BCUT2D eigenvalue weighted by atomic mass is 9.95. The molecule has 1 unspecified atom stereocenters. The Kier molecular flexibility index (Phi) is 5.72.